The Morgan fingerprint density at radius 2 is 2.06 bits per heavy atom. The van der Waals surface area contributed by atoms with Crippen molar-refractivity contribution >= 4 is 29.1 Å². The van der Waals surface area contributed by atoms with E-state index in [4.69, 9.17) is 38.5 Å². The number of nitrogens with one attached hydrogen (secondary N) is 1. The maximum atomic E-state index is 12.9. The second-order valence-electron chi connectivity index (χ2n) is 7.28. The molecular formula is C22H24Cl2N4O4. The summed E-state index contributed by atoms with van der Waals surface area (Å²) < 4.78 is 6.62. The summed E-state index contributed by atoms with van der Waals surface area (Å²) in [6.07, 6.45) is 1.95. The topological polar surface area (TPSA) is 123 Å². The largest absolute Gasteiger partial charge is 0.426 e. The van der Waals surface area contributed by atoms with Gasteiger partial charge in [0.05, 0.1) is 6.42 Å². The van der Waals surface area contributed by atoms with Gasteiger partial charge in [-0.3, -0.25) is 9.59 Å². The van der Waals surface area contributed by atoms with Gasteiger partial charge in [0.2, 0.25) is 17.0 Å². The normalized spacial score (nSPS) is 11.0. The minimum atomic E-state index is -0.356. The third-order valence-corrected chi connectivity index (χ3v) is 5.65. The van der Waals surface area contributed by atoms with Gasteiger partial charge in [-0.25, -0.2) is 4.98 Å². The average molecular weight is 479 g/mol. The fourth-order valence-corrected chi connectivity index (χ4v) is 3.73. The van der Waals surface area contributed by atoms with Crippen molar-refractivity contribution in [3.05, 3.63) is 84.9 Å². The van der Waals surface area contributed by atoms with Gasteiger partial charge in [0.1, 0.15) is 12.3 Å². The Kier molecular flexibility index (Phi) is 8.09. The number of aromatic nitrogens is 2. The number of carbonyl (C=O) groups excluding carboxylic acids is 1. The molecule has 3 aromatic rings. The summed E-state index contributed by atoms with van der Waals surface area (Å²) in [6, 6.07) is 7.13. The number of hydrogen-bond donors (Lipinski definition) is 3. The van der Waals surface area contributed by atoms with Crippen molar-refractivity contribution in [2.24, 2.45) is 5.73 Å². The molecule has 2 aromatic heterocycles. The number of rotatable bonds is 9. The number of nitrogens with two attached hydrogens (primary N) is 1. The number of nitrogens with zero attached hydrogens (tertiary/aromatic N) is 2. The van der Waals surface area contributed by atoms with Crippen LogP contribution in [0.3, 0.4) is 0 Å². The number of hydrogen-bond acceptors (Lipinski definition) is 6. The van der Waals surface area contributed by atoms with Gasteiger partial charge in [0, 0.05) is 42.8 Å². The first-order chi connectivity index (χ1) is 15.3. The number of amides is 1. The molecule has 1 amide bonds. The Morgan fingerprint density at radius 1 is 1.28 bits per heavy atom. The van der Waals surface area contributed by atoms with Gasteiger partial charge in [-0.1, -0.05) is 17.7 Å². The van der Waals surface area contributed by atoms with Crippen molar-refractivity contribution in [3.63, 3.8) is 0 Å². The smallest absolute Gasteiger partial charge is 0.254 e. The Bertz CT molecular complexity index is 1170. The fraction of sp³-hybridized carbons (Fsp3) is 0.318. The standard InChI is InChI=1S/C22H24Cl2N4O4/c1-13-4-6-28(7-5-18-21(24)32-20(12-29)27-18)22(31)17(13)9-19(30)26-11-15-8-16(23)3-2-14(15)10-25/h2-4,6,8,29H,5,7,9-12,25H2,1H3,(H,26,30). The molecule has 1 aromatic carbocycles. The first-order valence-corrected chi connectivity index (χ1v) is 10.8. The second-order valence-corrected chi connectivity index (χ2v) is 8.06. The quantitative estimate of drug-likeness (QED) is 0.434. The summed E-state index contributed by atoms with van der Waals surface area (Å²) in [5.41, 5.74) is 8.82. The Balaban J connectivity index is 1.68. The van der Waals surface area contributed by atoms with E-state index in [1.54, 1.807) is 31.3 Å². The molecule has 4 N–H and O–H groups in total. The second kappa shape index (κ2) is 10.8. The van der Waals surface area contributed by atoms with Crippen LogP contribution in [-0.2, 0) is 43.9 Å². The molecule has 2 heterocycles. The molecule has 3 rings (SSSR count). The molecule has 32 heavy (non-hydrogen) atoms. The van der Waals surface area contributed by atoms with Gasteiger partial charge in [0.25, 0.3) is 5.56 Å². The van der Waals surface area contributed by atoms with Crippen molar-refractivity contribution < 1.29 is 14.3 Å². The Labute approximate surface area is 195 Å². The molecule has 0 bridgehead atoms. The highest BCUT2D eigenvalue weighted by atomic mass is 35.5. The predicted octanol–water partition coefficient (Wildman–Crippen LogP) is 2.50. The molecule has 0 fully saturated rings. The van der Waals surface area contributed by atoms with Crippen molar-refractivity contribution in [3.8, 4) is 0 Å². The summed E-state index contributed by atoms with van der Waals surface area (Å²) in [7, 11) is 0. The van der Waals surface area contributed by atoms with E-state index in [0.717, 1.165) is 16.7 Å². The summed E-state index contributed by atoms with van der Waals surface area (Å²) in [4.78, 5) is 29.6. The van der Waals surface area contributed by atoms with Crippen molar-refractivity contribution in [2.45, 2.75) is 46.0 Å². The van der Waals surface area contributed by atoms with E-state index >= 15 is 0 Å². The van der Waals surface area contributed by atoms with Crippen LogP contribution in [0.2, 0.25) is 10.2 Å². The van der Waals surface area contributed by atoms with E-state index in [1.165, 1.54) is 4.57 Å². The van der Waals surface area contributed by atoms with Crippen LogP contribution in [0, 0.1) is 6.92 Å². The highest BCUT2D eigenvalue weighted by molar-refractivity contribution is 6.30. The van der Waals surface area contributed by atoms with Crippen LogP contribution < -0.4 is 16.6 Å². The van der Waals surface area contributed by atoms with Crippen LogP contribution in [0.15, 0.2) is 39.7 Å². The van der Waals surface area contributed by atoms with Gasteiger partial charge in [-0.15, -0.1) is 0 Å². The van der Waals surface area contributed by atoms with Crippen LogP contribution in [0.5, 0.6) is 0 Å². The fourth-order valence-electron chi connectivity index (χ4n) is 3.31. The third-order valence-electron chi connectivity index (χ3n) is 5.12. The zero-order valence-corrected chi connectivity index (χ0v) is 19.0. The molecule has 0 radical (unpaired) electrons. The number of halogens is 2. The minimum Gasteiger partial charge on any atom is -0.426 e. The summed E-state index contributed by atoms with van der Waals surface area (Å²) >= 11 is 12.0. The number of aryl methyl sites for hydroxylation is 3. The first-order valence-electron chi connectivity index (χ1n) is 10.00. The first kappa shape index (κ1) is 24.0. The number of pyridine rings is 1. The van der Waals surface area contributed by atoms with Gasteiger partial charge >= 0.3 is 0 Å². The van der Waals surface area contributed by atoms with Crippen molar-refractivity contribution in [1.82, 2.24) is 14.9 Å². The van der Waals surface area contributed by atoms with Gasteiger partial charge < -0.3 is 25.1 Å². The van der Waals surface area contributed by atoms with Gasteiger partial charge in [-0.05, 0) is 53.4 Å². The molecule has 0 atom stereocenters. The summed E-state index contributed by atoms with van der Waals surface area (Å²) in [5.74, 6) is -0.158. The number of benzene rings is 1. The van der Waals surface area contributed by atoms with Crippen LogP contribution in [0.25, 0.3) is 0 Å². The predicted molar refractivity (Wildman–Crippen MR) is 121 cm³/mol. The molecule has 0 aliphatic carbocycles. The van der Waals surface area contributed by atoms with Crippen LogP contribution in [0.4, 0.5) is 0 Å². The Hall–Kier alpha value is -2.65. The average Bonchev–Trinajstić information content (AvgIpc) is 3.14. The molecule has 170 valence electrons. The van der Waals surface area contributed by atoms with E-state index in [2.05, 4.69) is 10.3 Å². The van der Waals surface area contributed by atoms with Crippen LogP contribution in [0.1, 0.15) is 33.8 Å². The molecular weight excluding hydrogens is 455 g/mol. The zero-order chi connectivity index (χ0) is 23.3. The number of oxazole rings is 1. The molecule has 0 aliphatic rings. The lowest BCUT2D eigenvalue weighted by Crippen LogP contribution is -2.31. The zero-order valence-electron chi connectivity index (χ0n) is 17.5. The maximum Gasteiger partial charge on any atom is 0.254 e. The summed E-state index contributed by atoms with van der Waals surface area (Å²) in [5, 5.41) is 12.6. The molecule has 8 nitrogen and oxygen atoms in total. The highest BCUT2D eigenvalue weighted by Crippen LogP contribution is 2.18. The third kappa shape index (κ3) is 5.77. The number of aliphatic hydroxyl groups is 1. The van der Waals surface area contributed by atoms with Crippen LogP contribution in [-0.4, -0.2) is 20.6 Å². The molecule has 0 saturated heterocycles. The molecule has 0 spiro atoms. The molecule has 0 unspecified atom stereocenters. The molecule has 0 aliphatic heterocycles. The van der Waals surface area contributed by atoms with Gasteiger partial charge in [0.15, 0.2) is 0 Å². The summed E-state index contributed by atoms with van der Waals surface area (Å²) in [6.45, 7) is 2.34. The van der Waals surface area contributed by atoms with E-state index in [-0.39, 0.29) is 42.1 Å². The lowest BCUT2D eigenvalue weighted by Gasteiger charge is -2.12. The molecule has 0 saturated carbocycles. The van der Waals surface area contributed by atoms with E-state index in [1.807, 2.05) is 6.07 Å². The monoisotopic (exact) mass is 478 g/mol. The lowest BCUT2D eigenvalue weighted by atomic mass is 10.1. The van der Waals surface area contributed by atoms with Gasteiger partial charge in [-0.2, -0.15) is 0 Å². The van der Waals surface area contributed by atoms with Crippen molar-refractivity contribution in [2.75, 3.05) is 0 Å². The van der Waals surface area contributed by atoms with E-state index in [0.29, 0.717) is 35.8 Å². The number of carbonyl (C=O) groups is 1. The maximum absolute atomic E-state index is 12.9. The SMILES string of the molecule is Cc1ccn(CCc2nc(CO)oc2Cl)c(=O)c1CC(=O)NCc1cc(Cl)ccc1CN. The van der Waals surface area contributed by atoms with E-state index in [9.17, 15) is 9.59 Å². The van der Waals surface area contributed by atoms with E-state index < -0.39 is 0 Å². The van der Waals surface area contributed by atoms with Crippen LogP contribution >= 0.6 is 23.2 Å². The Morgan fingerprint density at radius 3 is 2.75 bits per heavy atom. The minimum absolute atomic E-state index is 0.0522. The molecule has 10 heteroatoms. The number of aliphatic hydroxyl groups excluding tert-OH is 1. The lowest BCUT2D eigenvalue weighted by molar-refractivity contribution is -0.120. The highest BCUT2D eigenvalue weighted by Gasteiger charge is 2.15. The van der Waals surface area contributed by atoms with Crippen molar-refractivity contribution in [1.29, 1.82) is 0 Å².